The number of hydrogen-bond acceptors (Lipinski definition) is 2. The van der Waals surface area contributed by atoms with Crippen molar-refractivity contribution in [2.24, 2.45) is 0 Å². The number of rotatable bonds is 5. The molecule has 1 N–H and O–H groups in total. The molecule has 0 aliphatic rings. The quantitative estimate of drug-likeness (QED) is 0.702. The van der Waals surface area contributed by atoms with Crippen LogP contribution in [0.4, 0.5) is 5.69 Å². The van der Waals surface area contributed by atoms with Crippen LogP contribution in [0.5, 0.6) is 0 Å². The van der Waals surface area contributed by atoms with Gasteiger partial charge in [0.1, 0.15) is 11.3 Å². The standard InChI is InChI=1S/C18H19NO/c1-2-5-14-8-10-16(11-9-14)19-13-17-12-15-6-3-4-7-18(15)20-17/h3-4,6-12,19H,2,5,13H2,1H3. The Hall–Kier alpha value is -2.22. The van der Waals surface area contributed by atoms with Gasteiger partial charge >= 0.3 is 0 Å². The van der Waals surface area contributed by atoms with Gasteiger partial charge in [-0.25, -0.2) is 0 Å². The molecule has 0 aliphatic heterocycles. The highest BCUT2D eigenvalue weighted by molar-refractivity contribution is 5.77. The first-order chi connectivity index (χ1) is 9.85. The molecule has 0 aliphatic carbocycles. The lowest BCUT2D eigenvalue weighted by Gasteiger charge is -2.05. The van der Waals surface area contributed by atoms with Gasteiger partial charge < -0.3 is 9.73 Å². The molecule has 102 valence electrons. The Balaban J connectivity index is 1.66. The van der Waals surface area contributed by atoms with E-state index in [1.165, 1.54) is 12.0 Å². The van der Waals surface area contributed by atoms with Crippen LogP contribution in [0.2, 0.25) is 0 Å². The summed E-state index contributed by atoms with van der Waals surface area (Å²) in [5.74, 6) is 0.962. The van der Waals surface area contributed by atoms with E-state index in [-0.39, 0.29) is 0 Å². The number of benzene rings is 2. The normalized spacial score (nSPS) is 10.8. The molecule has 0 spiro atoms. The fraction of sp³-hybridized carbons (Fsp3) is 0.222. The summed E-state index contributed by atoms with van der Waals surface area (Å²) >= 11 is 0. The fourth-order valence-electron chi connectivity index (χ4n) is 2.39. The second-order valence-corrected chi connectivity index (χ2v) is 5.05. The molecule has 0 unspecified atom stereocenters. The number of fused-ring (bicyclic) bond motifs is 1. The topological polar surface area (TPSA) is 25.2 Å². The Morgan fingerprint density at radius 3 is 2.55 bits per heavy atom. The molecule has 1 heterocycles. The molecule has 0 fully saturated rings. The molecule has 0 saturated carbocycles. The predicted octanol–water partition coefficient (Wildman–Crippen LogP) is 5.00. The van der Waals surface area contributed by atoms with Crippen molar-refractivity contribution in [2.45, 2.75) is 26.3 Å². The van der Waals surface area contributed by atoms with Gasteiger partial charge in [-0.1, -0.05) is 43.7 Å². The van der Waals surface area contributed by atoms with Crippen LogP contribution in [0.1, 0.15) is 24.7 Å². The van der Waals surface area contributed by atoms with Gasteiger partial charge in [-0.15, -0.1) is 0 Å². The van der Waals surface area contributed by atoms with Crippen LogP contribution in [-0.2, 0) is 13.0 Å². The van der Waals surface area contributed by atoms with Crippen molar-refractivity contribution in [2.75, 3.05) is 5.32 Å². The summed E-state index contributed by atoms with van der Waals surface area (Å²) in [4.78, 5) is 0. The molecule has 0 bridgehead atoms. The maximum Gasteiger partial charge on any atom is 0.134 e. The first kappa shape index (κ1) is 12.8. The smallest absolute Gasteiger partial charge is 0.134 e. The van der Waals surface area contributed by atoms with Crippen LogP contribution in [0, 0.1) is 0 Å². The van der Waals surface area contributed by atoms with Crippen LogP contribution in [-0.4, -0.2) is 0 Å². The zero-order chi connectivity index (χ0) is 13.8. The molecular formula is C18H19NO. The number of nitrogens with one attached hydrogen (secondary N) is 1. The third kappa shape index (κ3) is 2.85. The van der Waals surface area contributed by atoms with Crippen LogP contribution in [0.25, 0.3) is 11.0 Å². The highest BCUT2D eigenvalue weighted by atomic mass is 16.3. The van der Waals surface area contributed by atoms with Gasteiger partial charge in [0.2, 0.25) is 0 Å². The highest BCUT2D eigenvalue weighted by Crippen LogP contribution is 2.20. The fourth-order valence-corrected chi connectivity index (χ4v) is 2.39. The molecule has 2 heteroatoms. The molecule has 2 nitrogen and oxygen atoms in total. The van der Waals surface area contributed by atoms with Gasteiger partial charge in [0, 0.05) is 11.1 Å². The monoisotopic (exact) mass is 265 g/mol. The summed E-state index contributed by atoms with van der Waals surface area (Å²) in [5.41, 5.74) is 3.47. The van der Waals surface area contributed by atoms with E-state index in [0.29, 0.717) is 6.54 Å². The van der Waals surface area contributed by atoms with E-state index in [1.54, 1.807) is 0 Å². The molecule has 20 heavy (non-hydrogen) atoms. The van der Waals surface area contributed by atoms with Gasteiger partial charge in [0.25, 0.3) is 0 Å². The minimum absolute atomic E-state index is 0.710. The van der Waals surface area contributed by atoms with Crippen molar-refractivity contribution in [3.63, 3.8) is 0 Å². The van der Waals surface area contributed by atoms with Crippen LogP contribution < -0.4 is 5.32 Å². The second kappa shape index (κ2) is 5.83. The predicted molar refractivity (Wildman–Crippen MR) is 84.0 cm³/mol. The molecule has 0 radical (unpaired) electrons. The van der Waals surface area contributed by atoms with Crippen molar-refractivity contribution < 1.29 is 4.42 Å². The van der Waals surface area contributed by atoms with Crippen molar-refractivity contribution in [1.82, 2.24) is 0 Å². The Kier molecular flexibility index (Phi) is 3.73. The van der Waals surface area contributed by atoms with Crippen LogP contribution >= 0.6 is 0 Å². The highest BCUT2D eigenvalue weighted by Gasteiger charge is 2.02. The van der Waals surface area contributed by atoms with E-state index in [2.05, 4.69) is 48.6 Å². The second-order valence-electron chi connectivity index (χ2n) is 5.05. The van der Waals surface area contributed by atoms with E-state index in [4.69, 9.17) is 4.42 Å². The molecule has 0 amide bonds. The van der Waals surface area contributed by atoms with E-state index in [1.807, 2.05) is 18.2 Å². The van der Waals surface area contributed by atoms with Gasteiger partial charge in [0.15, 0.2) is 0 Å². The summed E-state index contributed by atoms with van der Waals surface area (Å²) < 4.78 is 5.79. The molecule has 0 atom stereocenters. The Morgan fingerprint density at radius 2 is 1.80 bits per heavy atom. The Bertz CT molecular complexity index is 649. The molecule has 3 aromatic rings. The van der Waals surface area contributed by atoms with Crippen LogP contribution in [0.15, 0.2) is 59.0 Å². The maximum absolute atomic E-state index is 5.79. The third-order valence-corrected chi connectivity index (χ3v) is 3.44. The largest absolute Gasteiger partial charge is 0.459 e. The van der Waals surface area contributed by atoms with Gasteiger partial charge in [0.05, 0.1) is 6.54 Å². The Labute approximate surface area is 119 Å². The van der Waals surface area contributed by atoms with E-state index < -0.39 is 0 Å². The lowest BCUT2D eigenvalue weighted by atomic mass is 10.1. The minimum atomic E-state index is 0.710. The number of para-hydroxylation sites is 1. The van der Waals surface area contributed by atoms with Crippen molar-refractivity contribution >= 4 is 16.7 Å². The van der Waals surface area contributed by atoms with E-state index in [0.717, 1.165) is 28.8 Å². The maximum atomic E-state index is 5.79. The number of hydrogen-bond donors (Lipinski definition) is 1. The first-order valence-electron chi connectivity index (χ1n) is 7.15. The van der Waals surface area contributed by atoms with E-state index >= 15 is 0 Å². The number of aryl methyl sites for hydroxylation is 1. The van der Waals surface area contributed by atoms with Crippen molar-refractivity contribution in [3.8, 4) is 0 Å². The van der Waals surface area contributed by atoms with Gasteiger partial charge in [-0.05, 0) is 36.2 Å². The summed E-state index contributed by atoms with van der Waals surface area (Å²) in [7, 11) is 0. The SMILES string of the molecule is CCCc1ccc(NCc2cc3ccccc3o2)cc1. The zero-order valence-electron chi connectivity index (χ0n) is 11.7. The average molecular weight is 265 g/mol. The molecule has 2 aromatic carbocycles. The summed E-state index contributed by atoms with van der Waals surface area (Å²) in [6.45, 7) is 2.91. The Morgan fingerprint density at radius 1 is 1.00 bits per heavy atom. The summed E-state index contributed by atoms with van der Waals surface area (Å²) in [6, 6.07) is 18.8. The number of anilines is 1. The zero-order valence-corrected chi connectivity index (χ0v) is 11.7. The molecule has 3 rings (SSSR count). The summed E-state index contributed by atoms with van der Waals surface area (Å²) in [6.07, 6.45) is 2.33. The van der Waals surface area contributed by atoms with Crippen molar-refractivity contribution in [3.05, 3.63) is 65.9 Å². The average Bonchev–Trinajstić information content (AvgIpc) is 2.90. The first-order valence-corrected chi connectivity index (χ1v) is 7.15. The van der Waals surface area contributed by atoms with Crippen LogP contribution in [0.3, 0.4) is 0 Å². The van der Waals surface area contributed by atoms with Gasteiger partial charge in [-0.3, -0.25) is 0 Å². The molecular weight excluding hydrogens is 246 g/mol. The van der Waals surface area contributed by atoms with E-state index in [9.17, 15) is 0 Å². The number of furan rings is 1. The summed E-state index contributed by atoms with van der Waals surface area (Å²) in [5, 5.41) is 4.55. The minimum Gasteiger partial charge on any atom is -0.459 e. The molecule has 1 aromatic heterocycles. The lowest BCUT2D eigenvalue weighted by molar-refractivity contribution is 0.559. The molecule has 0 saturated heterocycles. The third-order valence-electron chi connectivity index (χ3n) is 3.44. The van der Waals surface area contributed by atoms with Crippen molar-refractivity contribution in [1.29, 1.82) is 0 Å². The van der Waals surface area contributed by atoms with Gasteiger partial charge in [-0.2, -0.15) is 0 Å². The lowest BCUT2D eigenvalue weighted by Crippen LogP contribution is -1.97.